The average Bonchev–Trinajstić information content (AvgIpc) is 2.94. The normalized spacial score (nSPS) is 14.3. The number of hydrogen-bond donors (Lipinski definition) is 1. The van der Waals surface area contributed by atoms with E-state index in [9.17, 15) is 5.11 Å². The van der Waals surface area contributed by atoms with Gasteiger partial charge in [-0.3, -0.25) is 0 Å². The van der Waals surface area contributed by atoms with Gasteiger partial charge in [-0.2, -0.15) is 0 Å². The standard InChI is InChI=1S/C17H22OS/c1-4-12(3)14-6-8-15(9-7-14)16(18)17-13(5-2)10-11-19-17/h6-12,16,18H,4-5H2,1-3H3. The molecule has 0 aliphatic rings. The van der Waals surface area contributed by atoms with Crippen LogP contribution < -0.4 is 0 Å². The van der Waals surface area contributed by atoms with Crippen LogP contribution in [0.15, 0.2) is 35.7 Å². The van der Waals surface area contributed by atoms with Crippen molar-refractivity contribution in [2.75, 3.05) is 0 Å². The molecule has 2 unspecified atom stereocenters. The van der Waals surface area contributed by atoms with Gasteiger partial charge >= 0.3 is 0 Å². The average molecular weight is 274 g/mol. The summed E-state index contributed by atoms with van der Waals surface area (Å²) in [5, 5.41) is 12.6. The van der Waals surface area contributed by atoms with E-state index in [1.807, 2.05) is 0 Å². The second kappa shape index (κ2) is 6.36. The van der Waals surface area contributed by atoms with Crippen LogP contribution in [-0.2, 0) is 6.42 Å². The number of thiophene rings is 1. The Morgan fingerprint density at radius 1 is 1.05 bits per heavy atom. The van der Waals surface area contributed by atoms with Crippen molar-refractivity contribution < 1.29 is 5.11 Å². The molecule has 1 aromatic heterocycles. The lowest BCUT2D eigenvalue weighted by atomic mass is 9.96. The molecule has 2 atom stereocenters. The molecule has 102 valence electrons. The zero-order valence-electron chi connectivity index (χ0n) is 11.9. The van der Waals surface area contributed by atoms with Crippen molar-refractivity contribution in [2.45, 2.75) is 45.6 Å². The minimum atomic E-state index is -0.485. The Balaban J connectivity index is 2.22. The van der Waals surface area contributed by atoms with Gasteiger partial charge in [-0.1, -0.05) is 45.0 Å². The number of aliphatic hydroxyl groups is 1. The van der Waals surface area contributed by atoms with Gasteiger partial charge in [0.1, 0.15) is 6.10 Å². The molecule has 0 aliphatic carbocycles. The van der Waals surface area contributed by atoms with Gasteiger partial charge in [0.15, 0.2) is 0 Å². The number of aliphatic hydroxyl groups excluding tert-OH is 1. The summed E-state index contributed by atoms with van der Waals surface area (Å²) in [6, 6.07) is 10.5. The first-order valence-corrected chi connectivity index (χ1v) is 7.89. The molecule has 0 spiro atoms. The predicted octanol–water partition coefficient (Wildman–Crippen LogP) is 4.91. The molecule has 0 radical (unpaired) electrons. The van der Waals surface area contributed by atoms with Gasteiger partial charge in [-0.05, 0) is 46.9 Å². The number of rotatable bonds is 5. The van der Waals surface area contributed by atoms with Crippen LogP contribution in [0.3, 0.4) is 0 Å². The summed E-state index contributed by atoms with van der Waals surface area (Å²) in [5.74, 6) is 0.583. The van der Waals surface area contributed by atoms with Gasteiger partial charge in [-0.15, -0.1) is 11.3 Å². The van der Waals surface area contributed by atoms with Crippen LogP contribution in [-0.4, -0.2) is 5.11 Å². The fourth-order valence-electron chi connectivity index (χ4n) is 2.27. The minimum absolute atomic E-state index is 0.485. The van der Waals surface area contributed by atoms with Crippen LogP contribution >= 0.6 is 11.3 Å². The Labute approximate surface area is 119 Å². The third kappa shape index (κ3) is 3.07. The van der Waals surface area contributed by atoms with Gasteiger partial charge in [0.2, 0.25) is 0 Å². The molecular formula is C17H22OS. The molecule has 0 bridgehead atoms. The zero-order chi connectivity index (χ0) is 13.8. The topological polar surface area (TPSA) is 20.2 Å². The van der Waals surface area contributed by atoms with E-state index in [1.165, 1.54) is 11.1 Å². The lowest BCUT2D eigenvalue weighted by Crippen LogP contribution is -2.01. The van der Waals surface area contributed by atoms with E-state index in [2.05, 4.69) is 56.5 Å². The first kappa shape index (κ1) is 14.3. The summed E-state index contributed by atoms with van der Waals surface area (Å²) in [6.07, 6.45) is 1.63. The summed E-state index contributed by atoms with van der Waals surface area (Å²) in [5.41, 5.74) is 3.59. The van der Waals surface area contributed by atoms with Crippen molar-refractivity contribution in [3.63, 3.8) is 0 Å². The fourth-order valence-corrected chi connectivity index (χ4v) is 3.28. The van der Waals surface area contributed by atoms with Crippen molar-refractivity contribution in [1.29, 1.82) is 0 Å². The van der Waals surface area contributed by atoms with E-state index >= 15 is 0 Å². The number of hydrogen-bond acceptors (Lipinski definition) is 2. The molecule has 1 nitrogen and oxygen atoms in total. The molecular weight excluding hydrogens is 252 g/mol. The minimum Gasteiger partial charge on any atom is -0.383 e. The van der Waals surface area contributed by atoms with Crippen LogP contribution in [0.5, 0.6) is 0 Å². The maximum Gasteiger partial charge on any atom is 0.113 e. The van der Waals surface area contributed by atoms with Gasteiger partial charge in [0, 0.05) is 4.88 Å². The van der Waals surface area contributed by atoms with E-state index in [0.29, 0.717) is 5.92 Å². The van der Waals surface area contributed by atoms with Gasteiger partial charge < -0.3 is 5.11 Å². The third-order valence-corrected chi connectivity index (χ3v) is 4.86. The van der Waals surface area contributed by atoms with Crippen molar-refractivity contribution in [2.24, 2.45) is 0 Å². The highest BCUT2D eigenvalue weighted by molar-refractivity contribution is 7.10. The maximum atomic E-state index is 10.5. The second-order valence-electron chi connectivity index (χ2n) is 5.04. The highest BCUT2D eigenvalue weighted by atomic mass is 32.1. The molecule has 19 heavy (non-hydrogen) atoms. The van der Waals surface area contributed by atoms with Crippen LogP contribution in [0.25, 0.3) is 0 Å². The zero-order valence-corrected chi connectivity index (χ0v) is 12.7. The van der Waals surface area contributed by atoms with E-state index in [-0.39, 0.29) is 0 Å². The molecule has 1 heterocycles. The van der Waals surface area contributed by atoms with Gasteiger partial charge in [0.25, 0.3) is 0 Å². The molecule has 1 aromatic carbocycles. The Morgan fingerprint density at radius 2 is 1.68 bits per heavy atom. The third-order valence-electron chi connectivity index (χ3n) is 3.84. The Bertz CT molecular complexity index is 512. The quantitative estimate of drug-likeness (QED) is 0.821. The van der Waals surface area contributed by atoms with E-state index in [4.69, 9.17) is 0 Å². The van der Waals surface area contributed by atoms with E-state index in [1.54, 1.807) is 11.3 Å². The smallest absolute Gasteiger partial charge is 0.113 e. The highest BCUT2D eigenvalue weighted by Gasteiger charge is 2.15. The lowest BCUT2D eigenvalue weighted by Gasteiger charge is -2.14. The Hall–Kier alpha value is -1.12. The fraction of sp³-hybridized carbons (Fsp3) is 0.412. The molecule has 1 N–H and O–H groups in total. The monoisotopic (exact) mass is 274 g/mol. The summed E-state index contributed by atoms with van der Waals surface area (Å²) >= 11 is 1.64. The molecule has 0 saturated carbocycles. The summed E-state index contributed by atoms with van der Waals surface area (Å²) in [6.45, 7) is 6.57. The Kier molecular flexibility index (Phi) is 4.78. The maximum absolute atomic E-state index is 10.5. The second-order valence-corrected chi connectivity index (χ2v) is 5.99. The van der Waals surface area contributed by atoms with E-state index < -0.39 is 6.10 Å². The molecule has 0 aliphatic heterocycles. The molecule has 2 aromatic rings. The first-order chi connectivity index (χ1) is 9.17. The number of benzene rings is 1. The first-order valence-electron chi connectivity index (χ1n) is 7.01. The number of aryl methyl sites for hydroxylation is 1. The highest BCUT2D eigenvalue weighted by Crippen LogP contribution is 2.31. The summed E-state index contributed by atoms with van der Waals surface area (Å²) in [7, 11) is 0. The van der Waals surface area contributed by atoms with Gasteiger partial charge in [0.05, 0.1) is 0 Å². The molecule has 0 amide bonds. The van der Waals surface area contributed by atoms with Crippen molar-refractivity contribution in [3.05, 3.63) is 57.3 Å². The summed E-state index contributed by atoms with van der Waals surface area (Å²) < 4.78 is 0. The van der Waals surface area contributed by atoms with Crippen molar-refractivity contribution in [1.82, 2.24) is 0 Å². The molecule has 0 saturated heterocycles. The molecule has 2 rings (SSSR count). The Morgan fingerprint density at radius 3 is 2.26 bits per heavy atom. The molecule has 0 fully saturated rings. The van der Waals surface area contributed by atoms with Crippen LogP contribution in [0.4, 0.5) is 0 Å². The predicted molar refractivity (Wildman–Crippen MR) is 82.9 cm³/mol. The molecule has 2 heteroatoms. The van der Waals surface area contributed by atoms with Crippen LogP contribution in [0.1, 0.15) is 60.8 Å². The SMILES string of the molecule is CCc1ccsc1C(O)c1ccc(C(C)CC)cc1. The van der Waals surface area contributed by atoms with Crippen molar-refractivity contribution >= 4 is 11.3 Å². The lowest BCUT2D eigenvalue weighted by molar-refractivity contribution is 0.223. The largest absolute Gasteiger partial charge is 0.383 e. The van der Waals surface area contributed by atoms with Crippen molar-refractivity contribution in [3.8, 4) is 0 Å². The van der Waals surface area contributed by atoms with Gasteiger partial charge in [-0.25, -0.2) is 0 Å². The van der Waals surface area contributed by atoms with Crippen LogP contribution in [0, 0.1) is 0 Å². The van der Waals surface area contributed by atoms with E-state index in [0.717, 1.165) is 23.3 Å². The summed E-state index contributed by atoms with van der Waals surface area (Å²) in [4.78, 5) is 1.08. The van der Waals surface area contributed by atoms with Crippen LogP contribution in [0.2, 0.25) is 0 Å².